The summed E-state index contributed by atoms with van der Waals surface area (Å²) in [5.74, 6) is 0.832. The van der Waals surface area contributed by atoms with E-state index in [0.29, 0.717) is 19.4 Å². The van der Waals surface area contributed by atoms with Crippen LogP contribution in [0.3, 0.4) is 0 Å². The topological polar surface area (TPSA) is 49.4 Å². The number of nitrogens with one attached hydrogen (secondary N) is 1. The van der Waals surface area contributed by atoms with E-state index in [1.165, 1.54) is 5.56 Å². The van der Waals surface area contributed by atoms with Crippen LogP contribution in [-0.2, 0) is 16.0 Å². The van der Waals surface area contributed by atoms with Gasteiger partial charge in [-0.1, -0.05) is 55.8 Å². The minimum Gasteiger partial charge on any atom is -0.352 e. The van der Waals surface area contributed by atoms with Crippen molar-refractivity contribution in [1.29, 1.82) is 0 Å². The minimum absolute atomic E-state index is 0.0452. The number of rotatable bonds is 13. The van der Waals surface area contributed by atoms with Crippen molar-refractivity contribution in [2.45, 2.75) is 69.9 Å². The Labute approximate surface area is 202 Å². The van der Waals surface area contributed by atoms with Crippen molar-refractivity contribution in [1.82, 2.24) is 10.2 Å². The van der Waals surface area contributed by atoms with Crippen LogP contribution in [0.5, 0.6) is 0 Å². The first kappa shape index (κ1) is 26.3. The average molecular weight is 475 g/mol. The van der Waals surface area contributed by atoms with Gasteiger partial charge >= 0.3 is 0 Å². The molecule has 2 aromatic carbocycles. The van der Waals surface area contributed by atoms with E-state index in [4.69, 9.17) is 11.6 Å². The first-order chi connectivity index (χ1) is 15.4. The van der Waals surface area contributed by atoms with Crippen molar-refractivity contribution in [3.05, 3.63) is 65.2 Å². The van der Waals surface area contributed by atoms with E-state index in [-0.39, 0.29) is 17.9 Å². The maximum absolute atomic E-state index is 13.2. The highest BCUT2D eigenvalue weighted by Gasteiger charge is 2.28. The predicted octanol–water partition coefficient (Wildman–Crippen LogP) is 5.98. The lowest BCUT2D eigenvalue weighted by Crippen LogP contribution is -2.51. The normalized spacial score (nSPS) is 12.8. The monoisotopic (exact) mass is 474 g/mol. The highest BCUT2D eigenvalue weighted by molar-refractivity contribution is 7.99. The van der Waals surface area contributed by atoms with Gasteiger partial charge in [-0.05, 0) is 68.2 Å². The molecule has 0 radical (unpaired) electrons. The lowest BCUT2D eigenvalue weighted by Gasteiger charge is -2.31. The van der Waals surface area contributed by atoms with Gasteiger partial charge < -0.3 is 10.2 Å². The third-order valence-electron chi connectivity index (χ3n) is 5.49. The van der Waals surface area contributed by atoms with Gasteiger partial charge in [0, 0.05) is 28.9 Å². The summed E-state index contributed by atoms with van der Waals surface area (Å²) in [6, 6.07) is 17.5. The Balaban J connectivity index is 1.99. The van der Waals surface area contributed by atoms with Gasteiger partial charge in [0.25, 0.3) is 0 Å². The summed E-state index contributed by atoms with van der Waals surface area (Å²) in [4.78, 5) is 29.1. The fraction of sp³-hybridized carbons (Fsp3) is 0.462. The third-order valence-corrected chi connectivity index (χ3v) is 6.84. The van der Waals surface area contributed by atoms with Crippen LogP contribution in [0, 0.1) is 0 Å². The van der Waals surface area contributed by atoms with Gasteiger partial charge in [0.1, 0.15) is 6.04 Å². The maximum atomic E-state index is 13.2. The Morgan fingerprint density at radius 1 is 1.03 bits per heavy atom. The molecule has 2 aromatic rings. The smallest absolute Gasteiger partial charge is 0.243 e. The maximum Gasteiger partial charge on any atom is 0.243 e. The first-order valence-corrected chi connectivity index (χ1v) is 12.8. The van der Waals surface area contributed by atoms with E-state index in [9.17, 15) is 9.59 Å². The largest absolute Gasteiger partial charge is 0.352 e. The van der Waals surface area contributed by atoms with E-state index in [2.05, 4.69) is 17.4 Å². The number of hydrogen-bond acceptors (Lipinski definition) is 3. The number of carbonyl (C=O) groups excluding carboxylic acids is 2. The predicted molar refractivity (Wildman–Crippen MR) is 135 cm³/mol. The Morgan fingerprint density at radius 2 is 1.72 bits per heavy atom. The summed E-state index contributed by atoms with van der Waals surface area (Å²) in [6.07, 6.45) is 3.39. The number of amides is 2. The molecular weight excluding hydrogens is 440 g/mol. The second-order valence-electron chi connectivity index (χ2n) is 7.97. The number of carbonyl (C=O) groups is 2. The molecule has 0 aromatic heterocycles. The highest BCUT2D eigenvalue weighted by Crippen LogP contribution is 2.22. The fourth-order valence-electron chi connectivity index (χ4n) is 3.42. The van der Waals surface area contributed by atoms with Crippen molar-refractivity contribution in [3.63, 3.8) is 0 Å². The molecule has 0 saturated heterocycles. The van der Waals surface area contributed by atoms with Crippen LogP contribution in [0.4, 0.5) is 0 Å². The van der Waals surface area contributed by atoms with Crippen LogP contribution in [0.25, 0.3) is 0 Å². The summed E-state index contributed by atoms with van der Waals surface area (Å²) in [5, 5.41) is 3.78. The van der Waals surface area contributed by atoms with E-state index in [1.807, 2.05) is 63.2 Å². The van der Waals surface area contributed by atoms with E-state index >= 15 is 0 Å². The van der Waals surface area contributed by atoms with Crippen LogP contribution in [-0.4, -0.2) is 41.1 Å². The number of halogens is 1. The number of thioether (sulfide) groups is 1. The molecule has 6 heteroatoms. The molecule has 0 aliphatic rings. The Hall–Kier alpha value is -1.98. The lowest BCUT2D eigenvalue weighted by molar-refractivity contribution is -0.141. The van der Waals surface area contributed by atoms with E-state index < -0.39 is 6.04 Å². The molecular formula is C26H35ClN2O2S. The second-order valence-corrected chi connectivity index (χ2v) is 9.58. The van der Waals surface area contributed by atoms with Crippen molar-refractivity contribution in [2.75, 3.05) is 12.3 Å². The highest BCUT2D eigenvalue weighted by atomic mass is 35.5. The number of benzene rings is 2. The fourth-order valence-corrected chi connectivity index (χ4v) is 4.40. The summed E-state index contributed by atoms with van der Waals surface area (Å²) in [7, 11) is 0. The zero-order chi connectivity index (χ0) is 23.3. The molecule has 0 heterocycles. The third kappa shape index (κ3) is 8.87. The minimum atomic E-state index is -0.441. The summed E-state index contributed by atoms with van der Waals surface area (Å²) in [6.45, 7) is 6.55. The van der Waals surface area contributed by atoms with Gasteiger partial charge in [0.2, 0.25) is 11.8 Å². The van der Waals surface area contributed by atoms with E-state index in [1.54, 1.807) is 16.7 Å². The summed E-state index contributed by atoms with van der Waals surface area (Å²) < 4.78 is 0. The van der Waals surface area contributed by atoms with Gasteiger partial charge in [-0.3, -0.25) is 9.59 Å². The molecule has 1 N–H and O–H groups in total. The van der Waals surface area contributed by atoms with Crippen LogP contribution in [0.1, 0.15) is 52.0 Å². The van der Waals surface area contributed by atoms with Crippen molar-refractivity contribution < 1.29 is 9.59 Å². The van der Waals surface area contributed by atoms with Crippen LogP contribution in [0.2, 0.25) is 5.02 Å². The zero-order valence-electron chi connectivity index (χ0n) is 19.4. The van der Waals surface area contributed by atoms with Crippen molar-refractivity contribution in [3.8, 4) is 0 Å². The molecule has 32 heavy (non-hydrogen) atoms. The molecule has 0 saturated carbocycles. The zero-order valence-corrected chi connectivity index (χ0v) is 20.9. The molecule has 174 valence electrons. The summed E-state index contributed by atoms with van der Waals surface area (Å²) >= 11 is 7.66. The molecule has 2 atom stereocenters. The van der Waals surface area contributed by atoms with Crippen molar-refractivity contribution >= 4 is 35.2 Å². The SMILES string of the molecule is CCC(C)NC(=O)C(CC)N(CCc1ccccc1)C(=O)CCCSc1ccc(Cl)cc1. The van der Waals surface area contributed by atoms with Gasteiger partial charge in [0.05, 0.1) is 0 Å². The molecule has 0 spiro atoms. The van der Waals surface area contributed by atoms with Crippen molar-refractivity contribution in [2.24, 2.45) is 0 Å². The Kier molecular flexibility index (Phi) is 11.7. The van der Waals surface area contributed by atoms with Gasteiger partial charge in [-0.2, -0.15) is 0 Å². The van der Waals surface area contributed by atoms with Crippen LogP contribution < -0.4 is 5.32 Å². The van der Waals surface area contributed by atoms with Crippen LogP contribution in [0.15, 0.2) is 59.5 Å². The lowest BCUT2D eigenvalue weighted by atomic mass is 10.1. The van der Waals surface area contributed by atoms with E-state index in [0.717, 1.165) is 34.9 Å². The molecule has 0 aliphatic carbocycles. The first-order valence-electron chi connectivity index (χ1n) is 11.5. The number of hydrogen-bond donors (Lipinski definition) is 1. The summed E-state index contributed by atoms with van der Waals surface area (Å²) in [5.41, 5.74) is 1.17. The molecule has 0 bridgehead atoms. The molecule has 2 rings (SSSR count). The molecule has 2 amide bonds. The Bertz CT molecular complexity index is 829. The molecule has 0 fully saturated rings. The van der Waals surface area contributed by atoms with Gasteiger partial charge in [0.15, 0.2) is 0 Å². The molecule has 4 nitrogen and oxygen atoms in total. The average Bonchev–Trinajstić information content (AvgIpc) is 2.80. The van der Waals surface area contributed by atoms with Crippen LogP contribution >= 0.6 is 23.4 Å². The van der Waals surface area contributed by atoms with Gasteiger partial charge in [-0.25, -0.2) is 0 Å². The van der Waals surface area contributed by atoms with Gasteiger partial charge in [-0.15, -0.1) is 11.8 Å². The standard InChI is InChI=1S/C26H35ClN2O2S/c1-4-20(3)28-26(31)24(5-2)29(18-17-21-10-7-6-8-11-21)25(30)12-9-19-32-23-15-13-22(27)14-16-23/h6-8,10-11,13-16,20,24H,4-5,9,12,17-19H2,1-3H3,(H,28,31). The Morgan fingerprint density at radius 3 is 2.34 bits per heavy atom. The molecule has 0 aliphatic heterocycles. The number of nitrogens with zero attached hydrogens (tertiary/aromatic N) is 1. The second kappa shape index (κ2) is 14.2. The quantitative estimate of drug-likeness (QED) is 0.287. The molecule has 2 unspecified atom stereocenters.